The molecule has 0 amide bonds. The number of hydrogen-bond donors (Lipinski definition) is 2. The normalized spacial score (nSPS) is 10.7. The number of aliphatic hydroxyl groups is 1. The Hall–Kier alpha value is -1.23. The van der Waals surface area contributed by atoms with Crippen molar-refractivity contribution in [2.45, 2.75) is 13.2 Å². The first-order chi connectivity index (χ1) is 8.61. The fraction of sp³-hybridized carbons (Fsp3) is 0.250. The summed E-state index contributed by atoms with van der Waals surface area (Å²) in [6, 6.07) is 5.35. The van der Waals surface area contributed by atoms with Crippen LogP contribution < -0.4 is 5.32 Å². The lowest BCUT2D eigenvalue weighted by molar-refractivity contribution is 0.282. The average molecular weight is 286 g/mol. The minimum absolute atomic E-state index is 0.0138. The van der Waals surface area contributed by atoms with Gasteiger partial charge in [0.15, 0.2) is 0 Å². The molecule has 0 aliphatic rings. The number of imidazole rings is 1. The maximum Gasteiger partial charge on any atom is 0.128 e. The topological polar surface area (TPSA) is 50.1 Å². The number of aliphatic hydroxyl groups excluding tert-OH is 1. The second-order valence-corrected chi connectivity index (χ2v) is 4.68. The Morgan fingerprint density at radius 2 is 2.17 bits per heavy atom. The van der Waals surface area contributed by atoms with E-state index in [1.54, 1.807) is 22.9 Å². The van der Waals surface area contributed by atoms with Crippen LogP contribution in [0.3, 0.4) is 0 Å². The van der Waals surface area contributed by atoms with Crippen LogP contribution in [0.5, 0.6) is 0 Å². The third-order valence-corrected chi connectivity index (χ3v) is 3.36. The minimum atomic E-state index is -0.0138. The van der Waals surface area contributed by atoms with Gasteiger partial charge in [0.2, 0.25) is 0 Å². The zero-order valence-electron chi connectivity index (χ0n) is 9.82. The highest BCUT2D eigenvalue weighted by Gasteiger charge is 2.06. The first kappa shape index (κ1) is 13.2. The zero-order valence-corrected chi connectivity index (χ0v) is 11.3. The Labute approximate surface area is 115 Å². The average Bonchev–Trinajstić information content (AvgIpc) is 2.69. The van der Waals surface area contributed by atoms with Crippen LogP contribution >= 0.6 is 23.2 Å². The second-order valence-electron chi connectivity index (χ2n) is 3.88. The molecule has 0 unspecified atom stereocenters. The van der Waals surface area contributed by atoms with Crippen LogP contribution in [0.15, 0.2) is 24.4 Å². The standard InChI is InChI=1S/C12H13Cl2N3O/c1-17-11(14)5-16-12(17)6-15-10-4-8(7-18)2-3-9(10)13/h2-5,15,18H,6-7H2,1H3. The van der Waals surface area contributed by atoms with Gasteiger partial charge in [0.25, 0.3) is 0 Å². The molecule has 1 heterocycles. The molecule has 96 valence electrons. The quantitative estimate of drug-likeness (QED) is 0.908. The highest BCUT2D eigenvalue weighted by Crippen LogP contribution is 2.23. The summed E-state index contributed by atoms with van der Waals surface area (Å²) in [6.07, 6.45) is 1.60. The Kier molecular flexibility index (Phi) is 4.11. The van der Waals surface area contributed by atoms with Crippen molar-refractivity contribution >= 4 is 28.9 Å². The van der Waals surface area contributed by atoms with E-state index in [0.717, 1.165) is 17.1 Å². The Morgan fingerprint density at radius 3 is 2.78 bits per heavy atom. The molecule has 2 aromatic rings. The molecule has 0 aliphatic carbocycles. The second kappa shape index (κ2) is 5.61. The lowest BCUT2D eigenvalue weighted by Crippen LogP contribution is -2.06. The molecule has 0 saturated carbocycles. The van der Waals surface area contributed by atoms with Crippen molar-refractivity contribution in [1.29, 1.82) is 0 Å². The van der Waals surface area contributed by atoms with Gasteiger partial charge in [-0.2, -0.15) is 0 Å². The van der Waals surface area contributed by atoms with E-state index in [-0.39, 0.29) is 6.61 Å². The van der Waals surface area contributed by atoms with Crippen LogP contribution in [0.2, 0.25) is 10.2 Å². The summed E-state index contributed by atoms with van der Waals surface area (Å²) in [5, 5.41) is 13.4. The van der Waals surface area contributed by atoms with E-state index >= 15 is 0 Å². The minimum Gasteiger partial charge on any atom is -0.392 e. The van der Waals surface area contributed by atoms with Gasteiger partial charge in [0.05, 0.1) is 30.1 Å². The summed E-state index contributed by atoms with van der Waals surface area (Å²) < 4.78 is 1.79. The van der Waals surface area contributed by atoms with E-state index in [1.807, 2.05) is 13.1 Å². The summed E-state index contributed by atoms with van der Waals surface area (Å²) in [4.78, 5) is 4.18. The maximum absolute atomic E-state index is 9.08. The number of aromatic nitrogens is 2. The van der Waals surface area contributed by atoms with E-state index in [2.05, 4.69) is 10.3 Å². The Bertz CT molecular complexity index is 554. The van der Waals surface area contributed by atoms with Crippen molar-refractivity contribution in [3.05, 3.63) is 46.0 Å². The Balaban J connectivity index is 2.12. The Morgan fingerprint density at radius 1 is 1.39 bits per heavy atom. The summed E-state index contributed by atoms with van der Waals surface area (Å²) >= 11 is 12.0. The molecule has 0 radical (unpaired) electrons. The SMILES string of the molecule is Cn1c(Cl)cnc1CNc1cc(CO)ccc1Cl. The molecule has 2 rings (SSSR count). The van der Waals surface area contributed by atoms with E-state index < -0.39 is 0 Å². The van der Waals surface area contributed by atoms with Crippen molar-refractivity contribution in [1.82, 2.24) is 9.55 Å². The molecule has 0 atom stereocenters. The van der Waals surface area contributed by atoms with Crippen LogP contribution in [-0.4, -0.2) is 14.7 Å². The van der Waals surface area contributed by atoms with Gasteiger partial charge in [0, 0.05) is 7.05 Å². The predicted octanol–water partition coefficient (Wildman–Crippen LogP) is 2.83. The number of nitrogens with zero attached hydrogens (tertiary/aromatic N) is 2. The molecule has 4 nitrogen and oxygen atoms in total. The highest BCUT2D eigenvalue weighted by molar-refractivity contribution is 6.33. The van der Waals surface area contributed by atoms with Crippen molar-refractivity contribution in [3.63, 3.8) is 0 Å². The number of rotatable bonds is 4. The van der Waals surface area contributed by atoms with Crippen LogP contribution in [0.25, 0.3) is 0 Å². The van der Waals surface area contributed by atoms with Crippen molar-refractivity contribution in [2.24, 2.45) is 7.05 Å². The van der Waals surface area contributed by atoms with Crippen LogP contribution in [-0.2, 0) is 20.2 Å². The number of nitrogens with one attached hydrogen (secondary N) is 1. The molecule has 6 heteroatoms. The van der Waals surface area contributed by atoms with E-state index in [1.165, 1.54) is 0 Å². The lowest BCUT2D eigenvalue weighted by atomic mass is 10.2. The number of benzene rings is 1. The maximum atomic E-state index is 9.08. The molecule has 2 N–H and O–H groups in total. The molecule has 0 saturated heterocycles. The van der Waals surface area contributed by atoms with Gasteiger partial charge in [-0.1, -0.05) is 29.3 Å². The summed E-state index contributed by atoms with van der Waals surface area (Å²) in [5.41, 5.74) is 1.57. The van der Waals surface area contributed by atoms with E-state index in [0.29, 0.717) is 16.7 Å². The molecule has 1 aromatic heterocycles. The molecule has 0 spiro atoms. The fourth-order valence-electron chi connectivity index (χ4n) is 1.57. The van der Waals surface area contributed by atoms with Crippen LogP contribution in [0.4, 0.5) is 5.69 Å². The lowest BCUT2D eigenvalue weighted by Gasteiger charge is -2.10. The molecule has 0 fully saturated rings. The summed E-state index contributed by atoms with van der Waals surface area (Å²) in [6.45, 7) is 0.498. The third-order valence-electron chi connectivity index (χ3n) is 2.68. The molecule has 0 bridgehead atoms. The van der Waals surface area contributed by atoms with Gasteiger partial charge < -0.3 is 15.0 Å². The smallest absolute Gasteiger partial charge is 0.128 e. The van der Waals surface area contributed by atoms with Crippen molar-refractivity contribution < 1.29 is 5.11 Å². The molecule has 1 aromatic carbocycles. The molecule has 18 heavy (non-hydrogen) atoms. The first-order valence-corrected chi connectivity index (χ1v) is 6.16. The first-order valence-electron chi connectivity index (χ1n) is 5.41. The van der Waals surface area contributed by atoms with Gasteiger partial charge in [-0.15, -0.1) is 0 Å². The van der Waals surface area contributed by atoms with Gasteiger partial charge >= 0.3 is 0 Å². The van der Waals surface area contributed by atoms with Crippen LogP contribution in [0, 0.1) is 0 Å². The highest BCUT2D eigenvalue weighted by atomic mass is 35.5. The van der Waals surface area contributed by atoms with Gasteiger partial charge in [-0.3, -0.25) is 0 Å². The largest absolute Gasteiger partial charge is 0.392 e. The van der Waals surface area contributed by atoms with Crippen molar-refractivity contribution in [3.8, 4) is 0 Å². The summed E-state index contributed by atoms with van der Waals surface area (Å²) in [7, 11) is 1.85. The zero-order chi connectivity index (χ0) is 13.1. The fourth-order valence-corrected chi connectivity index (χ4v) is 1.90. The number of halogens is 2. The molecular formula is C12H13Cl2N3O. The molecule has 0 aliphatic heterocycles. The van der Waals surface area contributed by atoms with E-state index in [4.69, 9.17) is 28.3 Å². The van der Waals surface area contributed by atoms with Crippen LogP contribution in [0.1, 0.15) is 11.4 Å². The monoisotopic (exact) mass is 285 g/mol. The van der Waals surface area contributed by atoms with E-state index in [9.17, 15) is 0 Å². The van der Waals surface area contributed by atoms with Gasteiger partial charge in [0.1, 0.15) is 11.0 Å². The van der Waals surface area contributed by atoms with Gasteiger partial charge in [-0.25, -0.2) is 4.98 Å². The predicted molar refractivity (Wildman–Crippen MR) is 72.9 cm³/mol. The van der Waals surface area contributed by atoms with Gasteiger partial charge in [-0.05, 0) is 17.7 Å². The number of hydrogen-bond acceptors (Lipinski definition) is 3. The summed E-state index contributed by atoms with van der Waals surface area (Å²) in [5.74, 6) is 0.811. The van der Waals surface area contributed by atoms with Crippen molar-refractivity contribution in [2.75, 3.05) is 5.32 Å². The number of anilines is 1. The third kappa shape index (κ3) is 2.77. The molecular weight excluding hydrogens is 273 g/mol.